The van der Waals surface area contributed by atoms with Crippen LogP contribution in [0, 0.1) is 6.92 Å². The smallest absolute Gasteiger partial charge is 0.238 e. The molecule has 2 aromatic rings. The molecule has 0 spiro atoms. The maximum Gasteiger partial charge on any atom is 0.238 e. The monoisotopic (exact) mass is 417 g/mol. The number of amides is 2. The van der Waals surface area contributed by atoms with Gasteiger partial charge in [-0.05, 0) is 44.7 Å². The molecule has 2 amide bonds. The lowest BCUT2D eigenvalue weighted by molar-refractivity contribution is -0.123. The second-order valence-corrected chi connectivity index (χ2v) is 7.25. The summed E-state index contributed by atoms with van der Waals surface area (Å²) in [6.45, 7) is 4.22. The number of anilines is 1. The zero-order chi connectivity index (χ0) is 19.1. The van der Waals surface area contributed by atoms with E-state index in [1.807, 2.05) is 62.4 Å². The van der Waals surface area contributed by atoms with Crippen molar-refractivity contribution in [3.05, 3.63) is 64.1 Å². The van der Waals surface area contributed by atoms with Gasteiger partial charge in [0.15, 0.2) is 0 Å². The number of carbonyl (C=O) groups is 2. The molecule has 2 aromatic carbocycles. The van der Waals surface area contributed by atoms with E-state index in [4.69, 9.17) is 0 Å². The molecule has 0 saturated carbocycles. The first-order valence-electron chi connectivity index (χ1n) is 8.44. The number of hydrogen-bond donors (Lipinski definition) is 2. The fourth-order valence-corrected chi connectivity index (χ4v) is 3.20. The summed E-state index contributed by atoms with van der Waals surface area (Å²) in [7, 11) is 1.75. The quantitative estimate of drug-likeness (QED) is 0.724. The van der Waals surface area contributed by atoms with Crippen LogP contribution < -0.4 is 10.6 Å². The summed E-state index contributed by atoms with van der Waals surface area (Å²) in [6.07, 6.45) is 0. The maximum atomic E-state index is 12.2. The topological polar surface area (TPSA) is 61.4 Å². The Morgan fingerprint density at radius 1 is 1.04 bits per heavy atom. The highest BCUT2D eigenvalue weighted by Gasteiger charge is 2.15. The molecule has 6 heteroatoms. The summed E-state index contributed by atoms with van der Waals surface area (Å²) < 4.78 is 0.957. The van der Waals surface area contributed by atoms with E-state index in [1.165, 1.54) is 0 Å². The molecule has 0 saturated heterocycles. The van der Waals surface area contributed by atoms with Crippen molar-refractivity contribution >= 4 is 33.4 Å². The van der Waals surface area contributed by atoms with Gasteiger partial charge in [0.25, 0.3) is 0 Å². The summed E-state index contributed by atoms with van der Waals surface area (Å²) in [5.41, 5.74) is 2.90. The van der Waals surface area contributed by atoms with Crippen LogP contribution >= 0.6 is 15.9 Å². The molecule has 26 heavy (non-hydrogen) atoms. The van der Waals surface area contributed by atoms with Gasteiger partial charge >= 0.3 is 0 Å². The third-order valence-corrected chi connectivity index (χ3v) is 4.63. The van der Waals surface area contributed by atoms with Crippen molar-refractivity contribution in [1.82, 2.24) is 10.2 Å². The van der Waals surface area contributed by atoms with Gasteiger partial charge in [0.1, 0.15) is 0 Å². The summed E-state index contributed by atoms with van der Waals surface area (Å²) in [5.74, 6) is -0.276. The zero-order valence-corrected chi connectivity index (χ0v) is 16.8. The second-order valence-electron chi connectivity index (χ2n) is 6.40. The average molecular weight is 418 g/mol. The van der Waals surface area contributed by atoms with E-state index in [1.54, 1.807) is 11.9 Å². The Bertz CT molecular complexity index is 762. The predicted octanol–water partition coefficient (Wildman–Crippen LogP) is 3.51. The predicted molar refractivity (Wildman–Crippen MR) is 108 cm³/mol. The Morgan fingerprint density at radius 3 is 2.31 bits per heavy atom. The van der Waals surface area contributed by atoms with Gasteiger partial charge in [-0.25, -0.2) is 0 Å². The summed E-state index contributed by atoms with van der Waals surface area (Å²) in [4.78, 5) is 26.0. The van der Waals surface area contributed by atoms with Gasteiger partial charge in [-0.1, -0.05) is 51.8 Å². The molecule has 0 heterocycles. The van der Waals surface area contributed by atoms with E-state index >= 15 is 0 Å². The summed E-state index contributed by atoms with van der Waals surface area (Å²) in [6, 6.07) is 15.3. The van der Waals surface area contributed by atoms with Gasteiger partial charge in [0.2, 0.25) is 11.8 Å². The largest absolute Gasteiger partial charge is 0.348 e. The van der Waals surface area contributed by atoms with Crippen LogP contribution in [0.2, 0.25) is 0 Å². The SMILES string of the molecule is Cc1ccc(NC(=O)CN(C)CC(=O)N[C@H](C)c2ccccc2Br)cc1. The highest BCUT2D eigenvalue weighted by molar-refractivity contribution is 9.10. The van der Waals surface area contributed by atoms with Crippen LogP contribution in [0.25, 0.3) is 0 Å². The number of likely N-dealkylation sites (N-methyl/N-ethyl adjacent to an activating group) is 1. The molecule has 0 bridgehead atoms. The van der Waals surface area contributed by atoms with Gasteiger partial charge in [-0.15, -0.1) is 0 Å². The molecule has 0 fully saturated rings. The van der Waals surface area contributed by atoms with E-state index in [-0.39, 0.29) is 30.9 Å². The zero-order valence-electron chi connectivity index (χ0n) is 15.3. The lowest BCUT2D eigenvalue weighted by Crippen LogP contribution is -2.39. The third kappa shape index (κ3) is 6.28. The average Bonchev–Trinajstić information content (AvgIpc) is 2.56. The van der Waals surface area contributed by atoms with E-state index in [0.29, 0.717) is 0 Å². The van der Waals surface area contributed by atoms with Gasteiger partial charge in [0, 0.05) is 10.2 Å². The molecule has 0 aliphatic heterocycles. The van der Waals surface area contributed by atoms with Gasteiger partial charge < -0.3 is 10.6 Å². The Labute approximate surface area is 162 Å². The minimum absolute atomic E-state index is 0.118. The van der Waals surface area contributed by atoms with Crippen LogP contribution in [0.3, 0.4) is 0 Å². The van der Waals surface area contributed by atoms with E-state index in [2.05, 4.69) is 26.6 Å². The highest BCUT2D eigenvalue weighted by Crippen LogP contribution is 2.22. The Morgan fingerprint density at radius 2 is 1.65 bits per heavy atom. The lowest BCUT2D eigenvalue weighted by Gasteiger charge is -2.19. The first kappa shape index (κ1) is 20.1. The van der Waals surface area contributed by atoms with Crippen molar-refractivity contribution in [2.75, 3.05) is 25.5 Å². The third-order valence-electron chi connectivity index (χ3n) is 3.91. The summed E-state index contributed by atoms with van der Waals surface area (Å²) >= 11 is 3.49. The molecule has 0 aliphatic rings. The number of benzene rings is 2. The van der Waals surface area contributed by atoms with Crippen molar-refractivity contribution in [1.29, 1.82) is 0 Å². The number of nitrogens with zero attached hydrogens (tertiary/aromatic N) is 1. The molecule has 2 N–H and O–H groups in total. The molecule has 1 atom stereocenters. The Balaban J connectivity index is 1.80. The van der Waals surface area contributed by atoms with Crippen molar-refractivity contribution in [3.8, 4) is 0 Å². The Kier molecular flexibility index (Phi) is 7.36. The highest BCUT2D eigenvalue weighted by atomic mass is 79.9. The standard InChI is InChI=1S/C20H24BrN3O2/c1-14-8-10-16(11-9-14)23-20(26)13-24(3)12-19(25)22-15(2)17-6-4-5-7-18(17)21/h4-11,15H,12-13H2,1-3H3,(H,22,25)(H,23,26)/t15-/m1/s1. The molecule has 0 unspecified atom stereocenters. The number of nitrogens with one attached hydrogen (secondary N) is 2. The van der Waals surface area contributed by atoms with Crippen molar-refractivity contribution < 1.29 is 9.59 Å². The van der Waals surface area contributed by atoms with Gasteiger partial charge in [0.05, 0.1) is 19.1 Å². The Hall–Kier alpha value is -2.18. The van der Waals surface area contributed by atoms with Crippen LogP contribution in [0.4, 0.5) is 5.69 Å². The number of rotatable bonds is 7. The minimum atomic E-state index is -0.150. The molecule has 0 aliphatic carbocycles. The fourth-order valence-electron chi connectivity index (χ4n) is 2.57. The van der Waals surface area contributed by atoms with E-state index in [9.17, 15) is 9.59 Å². The van der Waals surface area contributed by atoms with Crippen molar-refractivity contribution in [2.24, 2.45) is 0 Å². The molecular weight excluding hydrogens is 394 g/mol. The van der Waals surface area contributed by atoms with E-state index < -0.39 is 0 Å². The van der Waals surface area contributed by atoms with Crippen LogP contribution in [0.15, 0.2) is 53.0 Å². The van der Waals surface area contributed by atoms with Gasteiger partial charge in [-0.2, -0.15) is 0 Å². The van der Waals surface area contributed by atoms with E-state index in [0.717, 1.165) is 21.3 Å². The van der Waals surface area contributed by atoms with Crippen LogP contribution in [0.5, 0.6) is 0 Å². The summed E-state index contributed by atoms with van der Waals surface area (Å²) in [5, 5.41) is 5.78. The van der Waals surface area contributed by atoms with Crippen molar-refractivity contribution in [2.45, 2.75) is 19.9 Å². The number of aryl methyl sites for hydroxylation is 1. The molecular formula is C20H24BrN3O2. The van der Waals surface area contributed by atoms with Gasteiger partial charge in [-0.3, -0.25) is 14.5 Å². The molecule has 2 rings (SSSR count). The first-order valence-corrected chi connectivity index (χ1v) is 9.23. The maximum absolute atomic E-state index is 12.2. The minimum Gasteiger partial charge on any atom is -0.348 e. The number of hydrogen-bond acceptors (Lipinski definition) is 3. The molecule has 138 valence electrons. The van der Waals surface area contributed by atoms with Crippen LogP contribution in [-0.2, 0) is 9.59 Å². The fraction of sp³-hybridized carbons (Fsp3) is 0.300. The molecule has 5 nitrogen and oxygen atoms in total. The molecule has 0 radical (unpaired) electrons. The number of halogens is 1. The normalized spacial score (nSPS) is 11.9. The second kappa shape index (κ2) is 9.50. The molecule has 0 aromatic heterocycles. The number of carbonyl (C=O) groups excluding carboxylic acids is 2. The van der Waals surface area contributed by atoms with Crippen LogP contribution in [-0.4, -0.2) is 36.9 Å². The lowest BCUT2D eigenvalue weighted by atomic mass is 10.1. The van der Waals surface area contributed by atoms with Crippen LogP contribution in [0.1, 0.15) is 24.1 Å². The van der Waals surface area contributed by atoms with Crippen molar-refractivity contribution in [3.63, 3.8) is 0 Å². The first-order chi connectivity index (χ1) is 12.3.